The minimum absolute atomic E-state index is 0.194. The standard InChI is InChI=1S/C10H9NO2S/c12-9-8(6-14-10(13)11-9)7-4-2-1-3-5-7/h1-5,8H,6H2,(H,11,12,13). The van der Waals surface area contributed by atoms with Gasteiger partial charge in [-0.3, -0.25) is 14.9 Å². The van der Waals surface area contributed by atoms with Gasteiger partial charge in [0.1, 0.15) is 0 Å². The Bertz CT molecular complexity index is 364. The van der Waals surface area contributed by atoms with Crippen LogP contribution in [0.1, 0.15) is 11.5 Å². The molecule has 1 atom stereocenters. The molecule has 1 saturated heterocycles. The Labute approximate surface area is 85.9 Å². The molecule has 1 aromatic carbocycles. The SMILES string of the molecule is O=C1NC(=O)C(c2ccccc2)CS1. The minimum atomic E-state index is -0.248. The molecule has 14 heavy (non-hydrogen) atoms. The van der Waals surface area contributed by atoms with Crippen molar-refractivity contribution in [1.29, 1.82) is 0 Å². The maximum Gasteiger partial charge on any atom is 0.285 e. The van der Waals surface area contributed by atoms with Crippen LogP contribution in [0.5, 0.6) is 0 Å². The second-order valence-electron chi connectivity index (χ2n) is 3.05. The van der Waals surface area contributed by atoms with Crippen molar-refractivity contribution in [2.45, 2.75) is 5.92 Å². The lowest BCUT2D eigenvalue weighted by Crippen LogP contribution is -2.38. The summed E-state index contributed by atoms with van der Waals surface area (Å²) in [4.78, 5) is 22.3. The number of carbonyl (C=O) groups excluding carboxylic acids is 2. The fourth-order valence-electron chi connectivity index (χ4n) is 1.39. The van der Waals surface area contributed by atoms with Gasteiger partial charge in [-0.15, -0.1) is 0 Å². The molecule has 3 nitrogen and oxygen atoms in total. The highest BCUT2D eigenvalue weighted by Crippen LogP contribution is 2.24. The summed E-state index contributed by atoms with van der Waals surface area (Å²) in [6.45, 7) is 0. The predicted octanol–water partition coefficient (Wildman–Crippen LogP) is 1.75. The first kappa shape index (κ1) is 9.27. The molecule has 1 aromatic rings. The number of imide groups is 1. The third-order valence-electron chi connectivity index (χ3n) is 2.12. The quantitative estimate of drug-likeness (QED) is 0.763. The van der Waals surface area contributed by atoms with E-state index in [1.54, 1.807) is 0 Å². The monoisotopic (exact) mass is 207 g/mol. The molecule has 1 unspecified atom stereocenters. The van der Waals surface area contributed by atoms with E-state index in [1.807, 2.05) is 30.3 Å². The number of rotatable bonds is 1. The van der Waals surface area contributed by atoms with Gasteiger partial charge in [-0.05, 0) is 5.56 Å². The summed E-state index contributed by atoms with van der Waals surface area (Å²) < 4.78 is 0. The van der Waals surface area contributed by atoms with Gasteiger partial charge in [-0.25, -0.2) is 0 Å². The van der Waals surface area contributed by atoms with Gasteiger partial charge in [0.2, 0.25) is 5.91 Å². The van der Waals surface area contributed by atoms with Crippen LogP contribution in [-0.4, -0.2) is 16.9 Å². The Kier molecular flexibility index (Phi) is 2.54. The van der Waals surface area contributed by atoms with Crippen molar-refractivity contribution in [3.8, 4) is 0 Å². The van der Waals surface area contributed by atoms with E-state index < -0.39 is 0 Å². The molecule has 0 saturated carbocycles. The zero-order valence-corrected chi connectivity index (χ0v) is 8.21. The number of hydrogen-bond donors (Lipinski definition) is 1. The summed E-state index contributed by atoms with van der Waals surface area (Å²) in [6.07, 6.45) is 0. The Morgan fingerprint density at radius 1 is 1.21 bits per heavy atom. The van der Waals surface area contributed by atoms with Crippen LogP contribution >= 0.6 is 11.8 Å². The van der Waals surface area contributed by atoms with Gasteiger partial charge in [0.05, 0.1) is 5.92 Å². The number of nitrogens with one attached hydrogen (secondary N) is 1. The molecule has 1 aliphatic rings. The molecular formula is C10H9NO2S. The zero-order chi connectivity index (χ0) is 9.97. The van der Waals surface area contributed by atoms with Crippen molar-refractivity contribution in [2.24, 2.45) is 0 Å². The fraction of sp³-hybridized carbons (Fsp3) is 0.200. The van der Waals surface area contributed by atoms with E-state index in [9.17, 15) is 9.59 Å². The van der Waals surface area contributed by atoms with E-state index in [-0.39, 0.29) is 17.1 Å². The predicted molar refractivity (Wildman–Crippen MR) is 55.2 cm³/mol. The van der Waals surface area contributed by atoms with E-state index in [4.69, 9.17) is 0 Å². The van der Waals surface area contributed by atoms with Crippen molar-refractivity contribution in [3.63, 3.8) is 0 Å². The number of carbonyl (C=O) groups is 2. The largest absolute Gasteiger partial charge is 0.287 e. The fourth-order valence-corrected chi connectivity index (χ4v) is 2.23. The van der Waals surface area contributed by atoms with E-state index in [2.05, 4.69) is 5.32 Å². The molecule has 0 aromatic heterocycles. The first-order chi connectivity index (χ1) is 6.77. The van der Waals surface area contributed by atoms with Gasteiger partial charge in [-0.2, -0.15) is 0 Å². The first-order valence-corrected chi connectivity index (χ1v) is 5.28. The van der Waals surface area contributed by atoms with Crippen molar-refractivity contribution >= 4 is 22.9 Å². The van der Waals surface area contributed by atoms with E-state index in [1.165, 1.54) is 0 Å². The highest BCUT2D eigenvalue weighted by atomic mass is 32.2. The van der Waals surface area contributed by atoms with Crippen LogP contribution in [0.4, 0.5) is 4.79 Å². The molecule has 0 spiro atoms. The number of thioether (sulfide) groups is 1. The van der Waals surface area contributed by atoms with E-state index in [0.29, 0.717) is 5.75 Å². The molecule has 1 aliphatic heterocycles. The molecule has 0 aliphatic carbocycles. The van der Waals surface area contributed by atoms with Crippen LogP contribution in [0.25, 0.3) is 0 Å². The second-order valence-corrected chi connectivity index (χ2v) is 4.04. The van der Waals surface area contributed by atoms with Gasteiger partial charge in [0.25, 0.3) is 5.24 Å². The Morgan fingerprint density at radius 2 is 1.93 bits per heavy atom. The van der Waals surface area contributed by atoms with Crippen LogP contribution in [0, 0.1) is 0 Å². The minimum Gasteiger partial charge on any atom is -0.287 e. The molecule has 1 heterocycles. The topological polar surface area (TPSA) is 46.2 Å². The van der Waals surface area contributed by atoms with Crippen LogP contribution < -0.4 is 5.32 Å². The number of amides is 2. The van der Waals surface area contributed by atoms with Crippen molar-refractivity contribution in [1.82, 2.24) is 5.32 Å². The molecule has 2 amide bonds. The first-order valence-electron chi connectivity index (χ1n) is 4.30. The Morgan fingerprint density at radius 3 is 2.57 bits per heavy atom. The van der Waals surface area contributed by atoms with E-state index >= 15 is 0 Å². The highest BCUT2D eigenvalue weighted by molar-refractivity contribution is 8.13. The third kappa shape index (κ3) is 1.80. The van der Waals surface area contributed by atoms with Gasteiger partial charge in [0.15, 0.2) is 0 Å². The smallest absolute Gasteiger partial charge is 0.285 e. The molecule has 0 radical (unpaired) electrons. The molecule has 2 rings (SSSR count). The zero-order valence-electron chi connectivity index (χ0n) is 7.40. The number of benzene rings is 1. The lowest BCUT2D eigenvalue weighted by Gasteiger charge is -2.20. The molecule has 72 valence electrons. The third-order valence-corrected chi connectivity index (χ3v) is 2.99. The Balaban J connectivity index is 2.20. The van der Waals surface area contributed by atoms with Gasteiger partial charge < -0.3 is 0 Å². The van der Waals surface area contributed by atoms with Crippen molar-refractivity contribution in [2.75, 3.05) is 5.75 Å². The van der Waals surface area contributed by atoms with E-state index in [0.717, 1.165) is 17.3 Å². The number of hydrogen-bond acceptors (Lipinski definition) is 3. The van der Waals surface area contributed by atoms with Gasteiger partial charge in [0, 0.05) is 5.75 Å². The highest BCUT2D eigenvalue weighted by Gasteiger charge is 2.28. The van der Waals surface area contributed by atoms with Crippen LogP contribution in [0.2, 0.25) is 0 Å². The van der Waals surface area contributed by atoms with Crippen LogP contribution in [0.15, 0.2) is 30.3 Å². The summed E-state index contributed by atoms with van der Waals surface area (Å²) in [6, 6.07) is 9.50. The lowest BCUT2D eigenvalue weighted by atomic mass is 10.0. The second kappa shape index (κ2) is 3.84. The summed E-state index contributed by atoms with van der Waals surface area (Å²) in [7, 11) is 0. The van der Waals surface area contributed by atoms with Crippen LogP contribution in [-0.2, 0) is 4.79 Å². The molecule has 1 fully saturated rings. The molecule has 4 heteroatoms. The summed E-state index contributed by atoms with van der Waals surface area (Å²) in [5.74, 6) is 0.146. The normalized spacial score (nSPS) is 21.9. The maximum atomic E-state index is 11.5. The van der Waals surface area contributed by atoms with Gasteiger partial charge in [-0.1, -0.05) is 42.1 Å². The van der Waals surface area contributed by atoms with Crippen molar-refractivity contribution < 1.29 is 9.59 Å². The summed E-state index contributed by atoms with van der Waals surface area (Å²) in [5, 5.41) is 2.06. The maximum absolute atomic E-state index is 11.5. The summed E-state index contributed by atoms with van der Waals surface area (Å²) >= 11 is 1.15. The summed E-state index contributed by atoms with van der Waals surface area (Å²) in [5.41, 5.74) is 0.963. The average molecular weight is 207 g/mol. The van der Waals surface area contributed by atoms with Gasteiger partial charge >= 0.3 is 0 Å². The van der Waals surface area contributed by atoms with Crippen LogP contribution in [0.3, 0.4) is 0 Å². The molecule has 0 bridgehead atoms. The Hall–Kier alpha value is -1.29. The lowest BCUT2D eigenvalue weighted by molar-refractivity contribution is -0.120. The molecular weight excluding hydrogens is 198 g/mol. The molecule has 1 N–H and O–H groups in total. The van der Waals surface area contributed by atoms with Crippen molar-refractivity contribution in [3.05, 3.63) is 35.9 Å². The average Bonchev–Trinajstić information content (AvgIpc) is 2.19.